The number of carbonyl (C=O) groups excluding carboxylic acids is 1. The van der Waals surface area contributed by atoms with Crippen molar-refractivity contribution in [2.75, 3.05) is 5.32 Å². The van der Waals surface area contributed by atoms with Crippen LogP contribution in [0.3, 0.4) is 0 Å². The Morgan fingerprint density at radius 2 is 1.94 bits per heavy atom. The molecule has 0 spiro atoms. The van der Waals surface area contributed by atoms with Gasteiger partial charge in [0.2, 0.25) is 0 Å². The number of anilines is 1. The maximum absolute atomic E-state index is 12.9. The second-order valence-corrected chi connectivity index (χ2v) is 4.48. The number of rotatable bonds is 2. The Hall–Kier alpha value is -1.50. The van der Waals surface area contributed by atoms with Gasteiger partial charge < -0.3 is 5.32 Å². The molecule has 0 atom stereocenters. The minimum Gasteiger partial charge on any atom is -0.321 e. The average molecular weight is 342 g/mol. The highest BCUT2D eigenvalue weighted by atomic mass is 127. The summed E-state index contributed by atoms with van der Waals surface area (Å²) in [4.78, 5) is 15.6. The van der Waals surface area contributed by atoms with Crippen molar-refractivity contribution in [1.82, 2.24) is 4.98 Å². The third-order valence-corrected chi connectivity index (χ3v) is 3.01. The summed E-state index contributed by atoms with van der Waals surface area (Å²) >= 11 is 1.97. The van der Waals surface area contributed by atoms with Gasteiger partial charge in [-0.3, -0.25) is 9.78 Å². The first-order chi connectivity index (χ1) is 8.16. The fraction of sp³-hybridized carbons (Fsp3) is 0. The first kappa shape index (κ1) is 12.0. The lowest BCUT2D eigenvalue weighted by atomic mass is 10.2. The topological polar surface area (TPSA) is 42.0 Å². The van der Waals surface area contributed by atoms with E-state index in [2.05, 4.69) is 10.3 Å². The lowest BCUT2D eigenvalue weighted by Gasteiger charge is -2.07. The normalized spacial score (nSPS) is 10.0. The number of aromatic nitrogens is 1. The van der Waals surface area contributed by atoms with E-state index in [-0.39, 0.29) is 11.7 Å². The molecule has 0 aliphatic carbocycles. The Bertz CT molecular complexity index is 545. The number of halogens is 2. The highest BCUT2D eigenvalue weighted by molar-refractivity contribution is 14.1. The molecule has 0 fully saturated rings. The Morgan fingerprint density at radius 1 is 1.24 bits per heavy atom. The van der Waals surface area contributed by atoms with E-state index in [1.54, 1.807) is 24.5 Å². The molecular weight excluding hydrogens is 334 g/mol. The molecule has 1 amide bonds. The molecule has 1 aromatic heterocycles. The van der Waals surface area contributed by atoms with E-state index >= 15 is 0 Å². The van der Waals surface area contributed by atoms with E-state index in [9.17, 15) is 9.18 Å². The molecule has 5 heteroatoms. The second kappa shape index (κ2) is 5.22. The average Bonchev–Trinajstić information content (AvgIpc) is 2.34. The van der Waals surface area contributed by atoms with Gasteiger partial charge in [0.05, 0.1) is 5.69 Å². The summed E-state index contributed by atoms with van der Waals surface area (Å²) < 4.78 is 13.5. The molecule has 3 nitrogen and oxygen atoms in total. The summed E-state index contributed by atoms with van der Waals surface area (Å²) in [6, 6.07) is 7.45. The van der Waals surface area contributed by atoms with Gasteiger partial charge in [0.15, 0.2) is 0 Å². The largest absolute Gasteiger partial charge is 0.321 e. The molecule has 0 bridgehead atoms. The van der Waals surface area contributed by atoms with E-state index in [0.717, 1.165) is 0 Å². The van der Waals surface area contributed by atoms with Crippen LogP contribution in [0.25, 0.3) is 0 Å². The number of carbonyl (C=O) groups is 1. The Kier molecular flexibility index (Phi) is 3.68. The molecule has 86 valence electrons. The smallest absolute Gasteiger partial charge is 0.255 e. The number of amides is 1. The van der Waals surface area contributed by atoms with Crippen molar-refractivity contribution in [3.05, 3.63) is 57.7 Å². The zero-order valence-electron chi connectivity index (χ0n) is 8.65. The molecule has 0 aliphatic heterocycles. The van der Waals surface area contributed by atoms with Crippen molar-refractivity contribution in [2.45, 2.75) is 0 Å². The molecule has 1 heterocycles. The highest BCUT2D eigenvalue weighted by Crippen LogP contribution is 2.19. The fourth-order valence-corrected chi connectivity index (χ4v) is 1.90. The fourth-order valence-electron chi connectivity index (χ4n) is 1.29. The van der Waals surface area contributed by atoms with Crippen LogP contribution in [0.4, 0.5) is 10.1 Å². The van der Waals surface area contributed by atoms with Gasteiger partial charge >= 0.3 is 0 Å². The Labute approximate surface area is 111 Å². The van der Waals surface area contributed by atoms with Crippen LogP contribution in [0.1, 0.15) is 10.4 Å². The number of hydrogen-bond donors (Lipinski definition) is 1. The number of hydrogen-bond acceptors (Lipinski definition) is 2. The van der Waals surface area contributed by atoms with Crippen molar-refractivity contribution < 1.29 is 9.18 Å². The zero-order chi connectivity index (χ0) is 12.3. The lowest BCUT2D eigenvalue weighted by Crippen LogP contribution is -2.12. The molecule has 1 aromatic carbocycles. The molecule has 1 N–H and O–H groups in total. The number of nitrogens with zero attached hydrogens (tertiary/aromatic N) is 1. The summed E-state index contributed by atoms with van der Waals surface area (Å²) in [6.07, 6.45) is 3.09. The zero-order valence-corrected chi connectivity index (χ0v) is 10.8. The van der Waals surface area contributed by atoms with Crippen LogP contribution >= 0.6 is 22.6 Å². The van der Waals surface area contributed by atoms with E-state index in [4.69, 9.17) is 0 Å². The Morgan fingerprint density at radius 3 is 2.59 bits per heavy atom. The quantitative estimate of drug-likeness (QED) is 0.853. The van der Waals surface area contributed by atoms with Crippen LogP contribution in [-0.4, -0.2) is 10.9 Å². The van der Waals surface area contributed by atoms with Crippen molar-refractivity contribution in [3.63, 3.8) is 0 Å². The highest BCUT2D eigenvalue weighted by Gasteiger charge is 2.08. The summed E-state index contributed by atoms with van der Waals surface area (Å²) in [7, 11) is 0. The molecule has 0 unspecified atom stereocenters. The van der Waals surface area contributed by atoms with Crippen LogP contribution in [0.2, 0.25) is 0 Å². The Balaban J connectivity index is 2.19. The summed E-state index contributed by atoms with van der Waals surface area (Å²) in [5.74, 6) is -0.562. The summed E-state index contributed by atoms with van der Waals surface area (Å²) in [5.41, 5.74) is 1.11. The first-order valence-electron chi connectivity index (χ1n) is 4.83. The SMILES string of the molecule is O=C(Nc1ccc(F)cc1I)c1ccncc1. The van der Waals surface area contributed by atoms with Gasteiger partial charge in [-0.25, -0.2) is 4.39 Å². The van der Waals surface area contributed by atoms with Crippen molar-refractivity contribution >= 4 is 34.2 Å². The van der Waals surface area contributed by atoms with Gasteiger partial charge in [-0.1, -0.05) is 0 Å². The van der Waals surface area contributed by atoms with Gasteiger partial charge in [0.1, 0.15) is 5.82 Å². The van der Waals surface area contributed by atoms with E-state index in [1.807, 2.05) is 22.6 Å². The molecular formula is C12H8FIN2O. The minimum atomic E-state index is -0.323. The second-order valence-electron chi connectivity index (χ2n) is 3.31. The van der Waals surface area contributed by atoms with E-state index in [1.165, 1.54) is 18.2 Å². The van der Waals surface area contributed by atoms with Gasteiger partial charge in [0, 0.05) is 21.5 Å². The maximum Gasteiger partial charge on any atom is 0.255 e. The van der Waals surface area contributed by atoms with Crippen LogP contribution in [-0.2, 0) is 0 Å². The monoisotopic (exact) mass is 342 g/mol. The first-order valence-corrected chi connectivity index (χ1v) is 5.91. The van der Waals surface area contributed by atoms with Crippen LogP contribution < -0.4 is 5.32 Å². The molecule has 0 saturated heterocycles. The van der Waals surface area contributed by atoms with Crippen LogP contribution in [0.5, 0.6) is 0 Å². The predicted octanol–water partition coefficient (Wildman–Crippen LogP) is 3.08. The van der Waals surface area contributed by atoms with Gasteiger partial charge in [-0.2, -0.15) is 0 Å². The minimum absolute atomic E-state index is 0.239. The molecule has 0 saturated carbocycles. The van der Waals surface area contributed by atoms with Crippen LogP contribution in [0.15, 0.2) is 42.7 Å². The summed E-state index contributed by atoms with van der Waals surface area (Å²) in [6.45, 7) is 0. The maximum atomic E-state index is 12.9. The summed E-state index contributed by atoms with van der Waals surface area (Å²) in [5, 5.41) is 2.71. The van der Waals surface area contributed by atoms with E-state index in [0.29, 0.717) is 14.8 Å². The third-order valence-electron chi connectivity index (χ3n) is 2.12. The van der Waals surface area contributed by atoms with Gasteiger partial charge in [-0.05, 0) is 52.9 Å². The number of nitrogens with one attached hydrogen (secondary N) is 1. The van der Waals surface area contributed by atoms with Crippen molar-refractivity contribution in [3.8, 4) is 0 Å². The number of pyridine rings is 1. The lowest BCUT2D eigenvalue weighted by molar-refractivity contribution is 0.102. The van der Waals surface area contributed by atoms with Crippen molar-refractivity contribution in [2.24, 2.45) is 0 Å². The van der Waals surface area contributed by atoms with Crippen LogP contribution in [0, 0.1) is 9.39 Å². The van der Waals surface area contributed by atoms with Gasteiger partial charge in [-0.15, -0.1) is 0 Å². The third kappa shape index (κ3) is 3.00. The predicted molar refractivity (Wildman–Crippen MR) is 71.3 cm³/mol. The van der Waals surface area contributed by atoms with Crippen molar-refractivity contribution in [1.29, 1.82) is 0 Å². The standard InChI is InChI=1S/C12H8FIN2O/c13-9-1-2-11(10(14)7-9)16-12(17)8-3-5-15-6-4-8/h1-7H,(H,16,17). The molecule has 2 rings (SSSR count). The molecule has 0 aliphatic rings. The number of benzene rings is 1. The van der Waals surface area contributed by atoms with Gasteiger partial charge in [0.25, 0.3) is 5.91 Å². The molecule has 17 heavy (non-hydrogen) atoms. The van der Waals surface area contributed by atoms with E-state index < -0.39 is 0 Å². The molecule has 2 aromatic rings. The molecule has 0 radical (unpaired) electrons.